The summed E-state index contributed by atoms with van der Waals surface area (Å²) in [7, 11) is 0. The van der Waals surface area contributed by atoms with Gasteiger partial charge in [-0.2, -0.15) is 0 Å². The van der Waals surface area contributed by atoms with Crippen LogP contribution in [0.3, 0.4) is 0 Å². The lowest BCUT2D eigenvalue weighted by Gasteiger charge is -2.23. The minimum atomic E-state index is 0.520. The highest BCUT2D eigenvalue weighted by Crippen LogP contribution is 2.26. The average molecular weight is 196 g/mol. The van der Waals surface area contributed by atoms with Crippen LogP contribution in [-0.2, 0) is 0 Å². The van der Waals surface area contributed by atoms with Crippen molar-refractivity contribution in [2.24, 2.45) is 5.41 Å². The van der Waals surface area contributed by atoms with Crippen LogP contribution in [0.2, 0.25) is 19.0 Å². The molecule has 0 aromatic rings. The molecular formula is C13H29B. The third kappa shape index (κ3) is 8.65. The maximum atomic E-state index is 2.37. The van der Waals surface area contributed by atoms with Crippen molar-refractivity contribution in [2.75, 3.05) is 0 Å². The maximum absolute atomic E-state index is 2.37. The fraction of sp³-hybridized carbons (Fsp3) is 1.00. The van der Waals surface area contributed by atoms with E-state index < -0.39 is 0 Å². The quantitative estimate of drug-likeness (QED) is 0.495. The van der Waals surface area contributed by atoms with Crippen molar-refractivity contribution < 1.29 is 0 Å². The van der Waals surface area contributed by atoms with Gasteiger partial charge in [0, 0.05) is 0 Å². The minimum Gasteiger partial charge on any atom is -0.0741 e. The molecule has 14 heavy (non-hydrogen) atoms. The van der Waals surface area contributed by atoms with Gasteiger partial charge in [0.1, 0.15) is 6.71 Å². The summed E-state index contributed by atoms with van der Waals surface area (Å²) in [6, 6.07) is 0. The van der Waals surface area contributed by atoms with Crippen molar-refractivity contribution in [2.45, 2.75) is 79.3 Å². The highest BCUT2D eigenvalue weighted by atomic mass is 14.1. The van der Waals surface area contributed by atoms with Crippen LogP contribution in [-0.4, -0.2) is 6.71 Å². The predicted molar refractivity (Wildman–Crippen MR) is 69.4 cm³/mol. The van der Waals surface area contributed by atoms with Crippen LogP contribution in [0, 0.1) is 5.41 Å². The fourth-order valence-corrected chi connectivity index (χ4v) is 2.20. The summed E-state index contributed by atoms with van der Waals surface area (Å²) in [5.41, 5.74) is 0.520. The van der Waals surface area contributed by atoms with Crippen LogP contribution in [0.5, 0.6) is 0 Å². The molecule has 0 aromatic carbocycles. The first kappa shape index (κ1) is 14.1. The lowest BCUT2D eigenvalue weighted by Crippen LogP contribution is -2.20. The fourth-order valence-electron chi connectivity index (χ4n) is 2.20. The number of unbranched alkanes of at least 4 members (excludes halogenated alkanes) is 2. The van der Waals surface area contributed by atoms with Gasteiger partial charge in [-0.1, -0.05) is 79.3 Å². The summed E-state index contributed by atoms with van der Waals surface area (Å²) < 4.78 is 0. The Hall–Kier alpha value is 0.0649. The summed E-state index contributed by atoms with van der Waals surface area (Å²) in [5.74, 6) is 0. The van der Waals surface area contributed by atoms with E-state index in [9.17, 15) is 0 Å². The summed E-state index contributed by atoms with van der Waals surface area (Å²) in [6.07, 6.45) is 9.86. The molecule has 0 N–H and O–H groups in total. The van der Waals surface area contributed by atoms with E-state index in [2.05, 4.69) is 34.6 Å². The number of hydrogen-bond acceptors (Lipinski definition) is 0. The van der Waals surface area contributed by atoms with Gasteiger partial charge in [-0.3, -0.25) is 0 Å². The van der Waals surface area contributed by atoms with Crippen LogP contribution in [0.1, 0.15) is 60.3 Å². The Morgan fingerprint density at radius 3 is 1.57 bits per heavy atom. The third-order valence-electron chi connectivity index (χ3n) is 2.83. The van der Waals surface area contributed by atoms with Crippen LogP contribution < -0.4 is 0 Å². The molecule has 0 unspecified atom stereocenters. The van der Waals surface area contributed by atoms with Gasteiger partial charge in [-0.05, 0) is 5.41 Å². The topological polar surface area (TPSA) is 0 Å². The van der Waals surface area contributed by atoms with Crippen molar-refractivity contribution in [1.82, 2.24) is 0 Å². The molecule has 0 aliphatic carbocycles. The highest BCUT2D eigenvalue weighted by Gasteiger charge is 2.20. The zero-order valence-corrected chi connectivity index (χ0v) is 11.0. The average Bonchev–Trinajstić information content (AvgIpc) is 2.07. The van der Waals surface area contributed by atoms with Crippen molar-refractivity contribution in [3.8, 4) is 0 Å². The second-order valence-corrected chi connectivity index (χ2v) is 5.92. The van der Waals surface area contributed by atoms with E-state index in [-0.39, 0.29) is 0 Å². The molecule has 0 amide bonds. The predicted octanol–water partition coefficient (Wildman–Crippen LogP) is 5.13. The molecule has 1 heteroatoms. The molecule has 0 radical (unpaired) electrons. The molecule has 0 saturated heterocycles. The lowest BCUT2D eigenvalue weighted by atomic mass is 9.38. The van der Waals surface area contributed by atoms with Gasteiger partial charge in [0.05, 0.1) is 0 Å². The zero-order chi connectivity index (χ0) is 11.0. The van der Waals surface area contributed by atoms with Crippen molar-refractivity contribution in [3.63, 3.8) is 0 Å². The van der Waals surface area contributed by atoms with Gasteiger partial charge in [-0.25, -0.2) is 0 Å². The molecule has 0 bridgehead atoms. The van der Waals surface area contributed by atoms with Crippen molar-refractivity contribution >= 4 is 6.71 Å². The first-order valence-corrected chi connectivity index (χ1v) is 6.49. The van der Waals surface area contributed by atoms with Gasteiger partial charge in [0.25, 0.3) is 0 Å². The Labute approximate surface area is 91.9 Å². The van der Waals surface area contributed by atoms with Crippen LogP contribution >= 0.6 is 0 Å². The Morgan fingerprint density at radius 2 is 1.29 bits per heavy atom. The maximum Gasteiger partial charge on any atom is 0.140 e. The van der Waals surface area contributed by atoms with E-state index in [0.717, 1.165) is 6.71 Å². The molecule has 0 rings (SSSR count). The summed E-state index contributed by atoms with van der Waals surface area (Å²) >= 11 is 0. The molecule has 0 aliphatic rings. The Kier molecular flexibility index (Phi) is 7.40. The van der Waals surface area contributed by atoms with Crippen LogP contribution in [0.15, 0.2) is 0 Å². The van der Waals surface area contributed by atoms with Gasteiger partial charge in [0.15, 0.2) is 0 Å². The van der Waals surface area contributed by atoms with Gasteiger partial charge >= 0.3 is 0 Å². The summed E-state index contributed by atoms with van der Waals surface area (Å²) in [6.45, 7) is 12.7. The second-order valence-electron chi connectivity index (χ2n) is 5.92. The largest absolute Gasteiger partial charge is 0.140 e. The van der Waals surface area contributed by atoms with E-state index in [4.69, 9.17) is 0 Å². The van der Waals surface area contributed by atoms with Gasteiger partial charge in [-0.15, -0.1) is 0 Å². The van der Waals surface area contributed by atoms with E-state index >= 15 is 0 Å². The van der Waals surface area contributed by atoms with Crippen molar-refractivity contribution in [1.29, 1.82) is 0 Å². The molecule has 0 nitrogen and oxygen atoms in total. The second kappa shape index (κ2) is 7.37. The van der Waals surface area contributed by atoms with E-state index in [1.165, 1.54) is 44.6 Å². The lowest BCUT2D eigenvalue weighted by molar-refractivity contribution is 0.461. The highest BCUT2D eigenvalue weighted by molar-refractivity contribution is 6.58. The van der Waals surface area contributed by atoms with Gasteiger partial charge < -0.3 is 0 Å². The standard InChI is InChI=1S/C13H29B/c1-6-8-10-14(11-9-7-2)12-13(3,4)5/h6-12H2,1-5H3. The van der Waals surface area contributed by atoms with Crippen LogP contribution in [0.4, 0.5) is 0 Å². The van der Waals surface area contributed by atoms with E-state index in [1.807, 2.05) is 0 Å². The summed E-state index contributed by atoms with van der Waals surface area (Å²) in [5, 5.41) is 0. The molecule has 0 atom stereocenters. The van der Waals surface area contributed by atoms with Crippen molar-refractivity contribution in [3.05, 3.63) is 0 Å². The first-order chi connectivity index (χ1) is 6.49. The van der Waals surface area contributed by atoms with E-state index in [1.54, 1.807) is 0 Å². The molecule has 0 saturated carbocycles. The number of rotatable bonds is 7. The molecule has 0 heterocycles. The van der Waals surface area contributed by atoms with Crippen LogP contribution in [0.25, 0.3) is 0 Å². The van der Waals surface area contributed by atoms with Gasteiger partial charge in [0.2, 0.25) is 0 Å². The minimum absolute atomic E-state index is 0.520. The Morgan fingerprint density at radius 1 is 0.857 bits per heavy atom. The molecule has 0 aromatic heterocycles. The molecule has 0 fully saturated rings. The molecule has 0 spiro atoms. The SMILES string of the molecule is CCCCB(CCCC)CC(C)(C)C. The van der Waals surface area contributed by atoms with E-state index in [0.29, 0.717) is 5.41 Å². The normalized spacial score (nSPS) is 11.8. The summed E-state index contributed by atoms with van der Waals surface area (Å²) in [4.78, 5) is 0. The zero-order valence-electron chi connectivity index (χ0n) is 11.0. The number of hydrogen-bond donors (Lipinski definition) is 0. The molecule has 0 aliphatic heterocycles. The smallest absolute Gasteiger partial charge is 0.0741 e. The molecular weight excluding hydrogens is 167 g/mol. The third-order valence-corrected chi connectivity index (χ3v) is 2.83. The first-order valence-electron chi connectivity index (χ1n) is 6.49. The Bertz CT molecular complexity index is 116. The molecule has 84 valence electrons. The monoisotopic (exact) mass is 196 g/mol. The Balaban J connectivity index is 3.84.